The van der Waals surface area contributed by atoms with Gasteiger partial charge in [-0.3, -0.25) is 0 Å². The summed E-state index contributed by atoms with van der Waals surface area (Å²) >= 11 is 0. The minimum absolute atomic E-state index is 0.688. The maximum Gasteiger partial charge on any atom is 0.0991 e. The van der Waals surface area contributed by atoms with Crippen molar-refractivity contribution in [1.29, 1.82) is 5.26 Å². The van der Waals surface area contributed by atoms with Crippen molar-refractivity contribution in [2.24, 2.45) is 0 Å². The first-order valence-corrected chi connectivity index (χ1v) is 6.52. The number of nitriles is 1. The van der Waals surface area contributed by atoms with Gasteiger partial charge in [-0.15, -0.1) is 0 Å². The molecule has 0 aliphatic heterocycles. The van der Waals surface area contributed by atoms with E-state index in [0.717, 1.165) is 5.56 Å². The molecule has 0 aromatic heterocycles. The van der Waals surface area contributed by atoms with Crippen LogP contribution >= 0.6 is 0 Å². The van der Waals surface area contributed by atoms with Crippen LogP contribution in [0.4, 0.5) is 0 Å². The summed E-state index contributed by atoms with van der Waals surface area (Å²) in [6, 6.07) is 24.5. The van der Waals surface area contributed by atoms with Crippen molar-refractivity contribution in [1.82, 2.24) is 0 Å². The van der Waals surface area contributed by atoms with E-state index in [4.69, 9.17) is 5.26 Å². The molecule has 20 heavy (non-hydrogen) atoms. The highest BCUT2D eigenvalue weighted by Gasteiger charge is 1.93. The normalized spacial score (nSPS) is 10.8. The summed E-state index contributed by atoms with van der Waals surface area (Å²) < 4.78 is 0. The Morgan fingerprint density at radius 2 is 1.35 bits per heavy atom. The molecule has 0 saturated carbocycles. The van der Waals surface area contributed by atoms with Crippen molar-refractivity contribution in [2.75, 3.05) is 0 Å². The number of fused-ring (bicyclic) bond motifs is 1. The van der Waals surface area contributed by atoms with Crippen LogP contribution in [0.25, 0.3) is 22.9 Å². The lowest BCUT2D eigenvalue weighted by molar-refractivity contribution is 1.48. The summed E-state index contributed by atoms with van der Waals surface area (Å²) in [4.78, 5) is 0. The van der Waals surface area contributed by atoms with E-state index in [1.54, 1.807) is 0 Å². The highest BCUT2D eigenvalue weighted by atomic mass is 14.2. The van der Waals surface area contributed by atoms with Gasteiger partial charge in [-0.2, -0.15) is 5.26 Å². The van der Waals surface area contributed by atoms with Gasteiger partial charge in [0.25, 0.3) is 0 Å². The molecule has 0 unspecified atom stereocenters. The summed E-state index contributed by atoms with van der Waals surface area (Å²) in [6.07, 6.45) is 4.15. The number of nitrogens with zero attached hydrogens (tertiary/aromatic N) is 1. The largest absolute Gasteiger partial charge is 0.192 e. The fourth-order valence-electron chi connectivity index (χ4n) is 2.17. The van der Waals surface area contributed by atoms with Crippen molar-refractivity contribution >= 4 is 22.9 Å². The maximum absolute atomic E-state index is 8.77. The molecule has 0 N–H and O–H groups in total. The second-order valence-corrected chi connectivity index (χ2v) is 4.67. The smallest absolute Gasteiger partial charge is 0.0991 e. The van der Waals surface area contributed by atoms with Gasteiger partial charge in [0, 0.05) is 0 Å². The Labute approximate surface area is 118 Å². The Kier molecular flexibility index (Phi) is 3.31. The third-order valence-electron chi connectivity index (χ3n) is 3.28. The molecule has 0 amide bonds. The Balaban J connectivity index is 1.88. The number of rotatable bonds is 2. The summed E-state index contributed by atoms with van der Waals surface area (Å²) in [5.74, 6) is 0. The zero-order valence-corrected chi connectivity index (χ0v) is 11.0. The molecule has 0 heterocycles. The minimum atomic E-state index is 0.688. The number of hydrogen-bond acceptors (Lipinski definition) is 1. The van der Waals surface area contributed by atoms with Crippen molar-refractivity contribution in [2.45, 2.75) is 0 Å². The van der Waals surface area contributed by atoms with Crippen LogP contribution in [-0.2, 0) is 0 Å². The van der Waals surface area contributed by atoms with E-state index < -0.39 is 0 Å². The SMILES string of the molecule is N#Cc1ccc(/C=C/c2ccc3ccccc3c2)cc1. The van der Waals surface area contributed by atoms with E-state index in [-0.39, 0.29) is 0 Å². The van der Waals surface area contributed by atoms with Crippen LogP contribution < -0.4 is 0 Å². The molecule has 0 radical (unpaired) electrons. The van der Waals surface area contributed by atoms with Crippen molar-refractivity contribution in [3.8, 4) is 6.07 Å². The molecule has 0 aliphatic rings. The van der Waals surface area contributed by atoms with Gasteiger partial charge in [-0.05, 0) is 40.1 Å². The van der Waals surface area contributed by atoms with E-state index in [2.05, 4.69) is 60.7 Å². The molecule has 0 saturated heterocycles. The predicted octanol–water partition coefficient (Wildman–Crippen LogP) is 4.88. The Morgan fingerprint density at radius 3 is 2.10 bits per heavy atom. The van der Waals surface area contributed by atoms with E-state index in [1.165, 1.54) is 16.3 Å². The average Bonchev–Trinajstić information content (AvgIpc) is 2.53. The fourth-order valence-corrected chi connectivity index (χ4v) is 2.17. The average molecular weight is 255 g/mol. The summed E-state index contributed by atoms with van der Waals surface area (Å²) in [7, 11) is 0. The molecular weight excluding hydrogens is 242 g/mol. The van der Waals surface area contributed by atoms with Crippen molar-refractivity contribution in [3.05, 3.63) is 83.4 Å². The van der Waals surface area contributed by atoms with Gasteiger partial charge in [-0.25, -0.2) is 0 Å². The van der Waals surface area contributed by atoms with Crippen LogP contribution in [0.1, 0.15) is 16.7 Å². The lowest BCUT2D eigenvalue weighted by Gasteiger charge is -1.99. The molecule has 3 rings (SSSR count). The van der Waals surface area contributed by atoms with Crippen molar-refractivity contribution in [3.63, 3.8) is 0 Å². The monoisotopic (exact) mass is 255 g/mol. The van der Waals surface area contributed by atoms with E-state index in [0.29, 0.717) is 5.56 Å². The van der Waals surface area contributed by atoms with Gasteiger partial charge in [0.15, 0.2) is 0 Å². The van der Waals surface area contributed by atoms with Gasteiger partial charge in [0.2, 0.25) is 0 Å². The molecular formula is C19H13N. The zero-order chi connectivity index (χ0) is 13.8. The zero-order valence-electron chi connectivity index (χ0n) is 11.0. The molecule has 1 heteroatoms. The number of benzene rings is 3. The summed E-state index contributed by atoms with van der Waals surface area (Å²) in [5.41, 5.74) is 2.96. The molecule has 3 aromatic carbocycles. The molecule has 0 atom stereocenters. The number of hydrogen-bond donors (Lipinski definition) is 0. The van der Waals surface area contributed by atoms with Crippen LogP contribution in [0, 0.1) is 11.3 Å². The molecule has 0 spiro atoms. The van der Waals surface area contributed by atoms with E-state index >= 15 is 0 Å². The molecule has 0 aliphatic carbocycles. The third kappa shape index (κ3) is 2.60. The lowest BCUT2D eigenvalue weighted by atomic mass is 10.1. The second kappa shape index (κ2) is 5.42. The van der Waals surface area contributed by atoms with Gasteiger partial charge in [0.1, 0.15) is 0 Å². The van der Waals surface area contributed by atoms with Crippen LogP contribution in [0.3, 0.4) is 0 Å². The quantitative estimate of drug-likeness (QED) is 0.598. The molecule has 1 nitrogen and oxygen atoms in total. The Bertz CT molecular complexity index is 805. The Hall–Kier alpha value is -2.85. The molecule has 0 fully saturated rings. The summed E-state index contributed by atoms with van der Waals surface area (Å²) in [6.45, 7) is 0. The van der Waals surface area contributed by atoms with Crippen LogP contribution in [0.15, 0.2) is 66.7 Å². The molecule has 0 bridgehead atoms. The highest BCUT2D eigenvalue weighted by Crippen LogP contribution is 2.17. The fraction of sp³-hybridized carbons (Fsp3) is 0. The van der Waals surface area contributed by atoms with Gasteiger partial charge in [-0.1, -0.05) is 60.7 Å². The first-order chi connectivity index (χ1) is 9.85. The molecule has 94 valence electrons. The first kappa shape index (κ1) is 12.2. The van der Waals surface area contributed by atoms with Crippen LogP contribution in [0.5, 0.6) is 0 Å². The van der Waals surface area contributed by atoms with Crippen molar-refractivity contribution < 1.29 is 0 Å². The van der Waals surface area contributed by atoms with E-state index in [1.807, 2.05) is 24.3 Å². The topological polar surface area (TPSA) is 23.8 Å². The summed E-state index contributed by atoms with van der Waals surface area (Å²) in [5, 5.41) is 11.3. The second-order valence-electron chi connectivity index (χ2n) is 4.67. The van der Waals surface area contributed by atoms with Crippen LogP contribution in [0.2, 0.25) is 0 Å². The van der Waals surface area contributed by atoms with Gasteiger partial charge >= 0.3 is 0 Å². The standard InChI is InChI=1S/C19H13N/c20-14-17-9-6-15(7-10-17)5-8-16-11-12-18-3-1-2-4-19(18)13-16/h1-13H/b8-5+. The Morgan fingerprint density at radius 1 is 0.700 bits per heavy atom. The van der Waals surface area contributed by atoms with E-state index in [9.17, 15) is 0 Å². The minimum Gasteiger partial charge on any atom is -0.192 e. The van der Waals surface area contributed by atoms with Crippen LogP contribution in [-0.4, -0.2) is 0 Å². The first-order valence-electron chi connectivity index (χ1n) is 6.52. The van der Waals surface area contributed by atoms with Gasteiger partial charge < -0.3 is 0 Å². The maximum atomic E-state index is 8.77. The van der Waals surface area contributed by atoms with Gasteiger partial charge in [0.05, 0.1) is 11.6 Å². The predicted molar refractivity (Wildman–Crippen MR) is 84.0 cm³/mol. The molecule has 3 aromatic rings. The highest BCUT2D eigenvalue weighted by molar-refractivity contribution is 5.85. The third-order valence-corrected chi connectivity index (χ3v) is 3.28. The lowest BCUT2D eigenvalue weighted by Crippen LogP contribution is -1.77.